The van der Waals surface area contributed by atoms with Gasteiger partial charge >= 0.3 is 0 Å². The molecule has 0 aromatic heterocycles. The van der Waals surface area contributed by atoms with E-state index in [1.54, 1.807) is 0 Å². The van der Waals surface area contributed by atoms with Gasteiger partial charge in [0.15, 0.2) is 0 Å². The van der Waals surface area contributed by atoms with Gasteiger partial charge in [0, 0.05) is 45.8 Å². The second-order valence-corrected chi connectivity index (χ2v) is 5.00. The zero-order chi connectivity index (χ0) is 12.0. The minimum Gasteiger partial charge on any atom is -0.392 e. The van der Waals surface area contributed by atoms with Crippen LogP contribution < -0.4 is 5.73 Å². The van der Waals surface area contributed by atoms with Crippen LogP contribution in [0.1, 0.15) is 6.92 Å². The highest BCUT2D eigenvalue weighted by atomic mass is 32.1. The fourth-order valence-corrected chi connectivity index (χ4v) is 2.11. The Morgan fingerprint density at radius 1 is 1.31 bits per heavy atom. The lowest BCUT2D eigenvalue weighted by atomic mass is 10.3. The fraction of sp³-hybridized carbons (Fsp3) is 0.909. The monoisotopic (exact) mass is 244 g/mol. The zero-order valence-electron chi connectivity index (χ0n) is 10.5. The van der Waals surface area contributed by atoms with Crippen LogP contribution in [0.2, 0.25) is 0 Å². The molecule has 0 amide bonds. The number of nitrogens with two attached hydrogens (primary N) is 1. The van der Waals surface area contributed by atoms with E-state index >= 15 is 0 Å². The molecule has 0 bridgehead atoms. The molecule has 0 aliphatic carbocycles. The molecule has 2 N–H and O–H groups in total. The van der Waals surface area contributed by atoms with Crippen LogP contribution in [0.4, 0.5) is 0 Å². The number of hydrogen-bond donors (Lipinski definition) is 1. The molecule has 1 fully saturated rings. The molecule has 0 atom stereocenters. The van der Waals surface area contributed by atoms with Crippen molar-refractivity contribution < 1.29 is 0 Å². The van der Waals surface area contributed by atoms with Crippen LogP contribution in [0.3, 0.4) is 0 Å². The average Bonchev–Trinajstić information content (AvgIpc) is 2.26. The van der Waals surface area contributed by atoms with Crippen molar-refractivity contribution in [3.63, 3.8) is 0 Å². The van der Waals surface area contributed by atoms with E-state index in [9.17, 15) is 0 Å². The highest BCUT2D eigenvalue weighted by Gasteiger charge is 2.14. The highest BCUT2D eigenvalue weighted by molar-refractivity contribution is 7.80. The summed E-state index contributed by atoms with van der Waals surface area (Å²) in [4.78, 5) is 7.80. The van der Waals surface area contributed by atoms with Crippen molar-refractivity contribution in [3.05, 3.63) is 0 Å². The Morgan fingerprint density at radius 3 is 2.44 bits per heavy atom. The molecule has 1 heterocycles. The largest absolute Gasteiger partial charge is 0.392 e. The van der Waals surface area contributed by atoms with Crippen LogP contribution in [-0.4, -0.2) is 79.1 Å². The molecule has 0 aromatic carbocycles. The van der Waals surface area contributed by atoms with Gasteiger partial charge in [0.2, 0.25) is 0 Å². The molecular weight excluding hydrogens is 220 g/mol. The van der Waals surface area contributed by atoms with E-state index in [0.717, 1.165) is 26.2 Å². The molecule has 1 rings (SSSR count). The summed E-state index contributed by atoms with van der Waals surface area (Å²) < 4.78 is 0. The number of hydrogen-bond acceptors (Lipinski definition) is 4. The Labute approximate surface area is 104 Å². The SMILES string of the molecule is CCN(CCN1CCN(C)CC1)CC(N)=S. The Balaban J connectivity index is 2.19. The second kappa shape index (κ2) is 7.17. The van der Waals surface area contributed by atoms with E-state index in [1.807, 2.05) is 0 Å². The first-order valence-corrected chi connectivity index (χ1v) is 6.44. The third kappa shape index (κ3) is 5.21. The van der Waals surface area contributed by atoms with Gasteiger partial charge in [-0.25, -0.2) is 0 Å². The lowest BCUT2D eigenvalue weighted by Crippen LogP contribution is -2.47. The van der Waals surface area contributed by atoms with Gasteiger partial charge in [-0.1, -0.05) is 19.1 Å². The summed E-state index contributed by atoms with van der Waals surface area (Å²) in [7, 11) is 2.18. The first kappa shape index (κ1) is 13.8. The third-order valence-corrected chi connectivity index (χ3v) is 3.28. The summed E-state index contributed by atoms with van der Waals surface area (Å²) in [5.74, 6) is 0. The molecule has 0 spiro atoms. The molecule has 0 radical (unpaired) electrons. The fourth-order valence-electron chi connectivity index (χ4n) is 1.92. The topological polar surface area (TPSA) is 35.7 Å². The molecule has 16 heavy (non-hydrogen) atoms. The van der Waals surface area contributed by atoms with Crippen molar-refractivity contribution in [2.24, 2.45) is 5.73 Å². The van der Waals surface area contributed by atoms with E-state index in [1.165, 1.54) is 26.2 Å². The average molecular weight is 244 g/mol. The van der Waals surface area contributed by atoms with Crippen LogP contribution in [0, 0.1) is 0 Å². The molecule has 1 aliphatic heterocycles. The van der Waals surface area contributed by atoms with Crippen molar-refractivity contribution in [2.45, 2.75) is 6.92 Å². The summed E-state index contributed by atoms with van der Waals surface area (Å²) in [5, 5.41) is 0. The molecular formula is C11H24N4S. The van der Waals surface area contributed by atoms with Crippen molar-refractivity contribution >= 4 is 17.2 Å². The minimum absolute atomic E-state index is 0.597. The van der Waals surface area contributed by atoms with E-state index in [4.69, 9.17) is 18.0 Å². The number of piperazine rings is 1. The van der Waals surface area contributed by atoms with Gasteiger partial charge in [-0.2, -0.15) is 0 Å². The van der Waals surface area contributed by atoms with Crippen LogP contribution in [0.15, 0.2) is 0 Å². The van der Waals surface area contributed by atoms with Gasteiger partial charge in [-0.3, -0.25) is 9.80 Å². The summed E-state index contributed by atoms with van der Waals surface area (Å²) in [6.45, 7) is 10.8. The van der Waals surface area contributed by atoms with Crippen molar-refractivity contribution in [2.75, 3.05) is 59.4 Å². The Morgan fingerprint density at radius 2 is 1.94 bits per heavy atom. The van der Waals surface area contributed by atoms with Crippen molar-refractivity contribution in [3.8, 4) is 0 Å². The lowest BCUT2D eigenvalue weighted by Gasteiger charge is -2.33. The molecule has 0 saturated carbocycles. The Hall–Kier alpha value is -0.230. The lowest BCUT2D eigenvalue weighted by molar-refractivity contribution is 0.140. The van der Waals surface area contributed by atoms with Crippen LogP contribution in [-0.2, 0) is 0 Å². The zero-order valence-corrected chi connectivity index (χ0v) is 11.3. The molecule has 4 nitrogen and oxygen atoms in total. The summed E-state index contributed by atoms with van der Waals surface area (Å²) >= 11 is 4.94. The number of likely N-dealkylation sites (N-methyl/N-ethyl adjacent to an activating group) is 2. The third-order valence-electron chi connectivity index (χ3n) is 3.16. The Kier molecular flexibility index (Phi) is 6.20. The van der Waals surface area contributed by atoms with E-state index < -0.39 is 0 Å². The van der Waals surface area contributed by atoms with Gasteiger partial charge < -0.3 is 10.6 Å². The van der Waals surface area contributed by atoms with E-state index in [-0.39, 0.29) is 0 Å². The standard InChI is InChI=1S/C11H24N4S/c1-3-14(10-11(12)16)8-9-15-6-4-13(2)5-7-15/h3-10H2,1-2H3,(H2,12,16). The maximum atomic E-state index is 5.57. The Bertz CT molecular complexity index is 214. The first-order valence-electron chi connectivity index (χ1n) is 6.03. The van der Waals surface area contributed by atoms with Gasteiger partial charge in [0.05, 0.1) is 4.99 Å². The van der Waals surface area contributed by atoms with Gasteiger partial charge in [-0.05, 0) is 13.6 Å². The molecule has 0 unspecified atom stereocenters. The normalized spacial score (nSPS) is 19.2. The van der Waals surface area contributed by atoms with Crippen molar-refractivity contribution in [1.82, 2.24) is 14.7 Å². The van der Waals surface area contributed by atoms with Crippen LogP contribution in [0.5, 0.6) is 0 Å². The quantitative estimate of drug-likeness (QED) is 0.657. The van der Waals surface area contributed by atoms with Gasteiger partial charge in [0.25, 0.3) is 0 Å². The number of nitrogens with zero attached hydrogens (tertiary/aromatic N) is 3. The van der Waals surface area contributed by atoms with E-state index in [0.29, 0.717) is 4.99 Å². The summed E-state index contributed by atoms with van der Waals surface area (Å²) in [5.41, 5.74) is 5.57. The molecule has 0 aromatic rings. The molecule has 94 valence electrons. The van der Waals surface area contributed by atoms with Gasteiger partial charge in [-0.15, -0.1) is 0 Å². The summed E-state index contributed by atoms with van der Waals surface area (Å²) in [6.07, 6.45) is 0. The smallest absolute Gasteiger partial charge is 0.0870 e. The predicted octanol–water partition coefficient (Wildman–Crippen LogP) is -0.158. The highest BCUT2D eigenvalue weighted by Crippen LogP contribution is 1.99. The van der Waals surface area contributed by atoms with E-state index in [2.05, 4.69) is 28.7 Å². The molecule has 1 aliphatic rings. The predicted molar refractivity (Wildman–Crippen MR) is 72.8 cm³/mol. The van der Waals surface area contributed by atoms with Crippen LogP contribution >= 0.6 is 12.2 Å². The maximum absolute atomic E-state index is 5.57. The maximum Gasteiger partial charge on any atom is 0.0870 e. The van der Waals surface area contributed by atoms with Gasteiger partial charge in [0.1, 0.15) is 0 Å². The summed E-state index contributed by atoms with van der Waals surface area (Å²) in [6, 6.07) is 0. The first-order chi connectivity index (χ1) is 7.61. The number of rotatable bonds is 6. The molecule has 1 saturated heterocycles. The van der Waals surface area contributed by atoms with Crippen molar-refractivity contribution in [1.29, 1.82) is 0 Å². The second-order valence-electron chi connectivity index (χ2n) is 4.48. The number of thiocarbonyl (C=S) groups is 1. The molecule has 5 heteroatoms. The minimum atomic E-state index is 0.597. The van der Waals surface area contributed by atoms with Crippen LogP contribution in [0.25, 0.3) is 0 Å².